The van der Waals surface area contributed by atoms with Gasteiger partial charge in [-0.1, -0.05) is 30.3 Å². The minimum Gasteiger partial charge on any atom is -0.506 e. The fourth-order valence-electron chi connectivity index (χ4n) is 3.44. The number of phenols is 1. The number of aromatic hydroxyl groups is 1. The molecule has 1 heterocycles. The number of carboxylic acids is 1. The zero-order valence-corrected chi connectivity index (χ0v) is 16.1. The van der Waals surface area contributed by atoms with Gasteiger partial charge in [0.25, 0.3) is 0 Å². The first-order valence-corrected chi connectivity index (χ1v) is 9.39. The van der Waals surface area contributed by atoms with Crippen LogP contribution in [-0.2, 0) is 17.6 Å². The predicted octanol–water partition coefficient (Wildman–Crippen LogP) is 2.11. The summed E-state index contributed by atoms with van der Waals surface area (Å²) in [7, 11) is 0. The van der Waals surface area contributed by atoms with Gasteiger partial charge in [0.15, 0.2) is 0 Å². The molecule has 0 amide bonds. The molecule has 2 atom stereocenters. The van der Waals surface area contributed by atoms with Crippen LogP contribution < -0.4 is 10.9 Å². The van der Waals surface area contributed by atoms with Crippen LogP contribution in [0, 0.1) is 0 Å². The number of nitrogens with one attached hydrogen (secondary N) is 2. The number of benzene rings is 2. The fourth-order valence-corrected chi connectivity index (χ4v) is 3.44. The van der Waals surface area contributed by atoms with Crippen molar-refractivity contribution in [2.75, 3.05) is 6.54 Å². The van der Waals surface area contributed by atoms with Gasteiger partial charge in [-0.15, -0.1) is 0 Å². The topological polar surface area (TPSA) is 123 Å². The predicted molar refractivity (Wildman–Crippen MR) is 110 cm³/mol. The lowest BCUT2D eigenvalue weighted by Crippen LogP contribution is -2.32. The Morgan fingerprint density at radius 1 is 1.14 bits per heavy atom. The molecule has 0 saturated heterocycles. The van der Waals surface area contributed by atoms with E-state index in [1.165, 1.54) is 12.1 Å². The summed E-state index contributed by atoms with van der Waals surface area (Å²) < 4.78 is 0. The third-order valence-electron chi connectivity index (χ3n) is 4.81. The molecule has 0 fully saturated rings. The monoisotopic (exact) mass is 396 g/mol. The number of aromatic nitrogens is 1. The van der Waals surface area contributed by atoms with Crippen molar-refractivity contribution in [3.05, 3.63) is 75.6 Å². The van der Waals surface area contributed by atoms with Crippen molar-refractivity contribution < 1.29 is 20.1 Å². The maximum Gasteiger partial charge on any atom is 0.307 e. The summed E-state index contributed by atoms with van der Waals surface area (Å²) in [6.07, 6.45) is -0.154. The largest absolute Gasteiger partial charge is 0.506 e. The van der Waals surface area contributed by atoms with E-state index in [0.29, 0.717) is 22.9 Å². The van der Waals surface area contributed by atoms with Crippen LogP contribution in [0.15, 0.2) is 53.3 Å². The van der Waals surface area contributed by atoms with Crippen molar-refractivity contribution >= 4 is 16.9 Å². The van der Waals surface area contributed by atoms with Crippen LogP contribution in [0.1, 0.15) is 29.7 Å². The molecule has 3 aromatic rings. The molecule has 1 unspecified atom stereocenters. The smallest absolute Gasteiger partial charge is 0.307 e. The molecule has 1 aromatic heterocycles. The molecule has 0 aliphatic heterocycles. The molecule has 3 rings (SSSR count). The van der Waals surface area contributed by atoms with Gasteiger partial charge in [-0.3, -0.25) is 9.59 Å². The van der Waals surface area contributed by atoms with E-state index in [1.54, 1.807) is 18.2 Å². The maximum atomic E-state index is 11.5. The molecule has 0 aliphatic rings. The second-order valence-corrected chi connectivity index (χ2v) is 7.20. The molecule has 0 saturated carbocycles. The van der Waals surface area contributed by atoms with E-state index >= 15 is 0 Å². The van der Waals surface area contributed by atoms with Gasteiger partial charge in [0.1, 0.15) is 5.75 Å². The zero-order valence-electron chi connectivity index (χ0n) is 16.1. The molecular weight excluding hydrogens is 372 g/mol. The Bertz CT molecular complexity index is 1080. The number of H-pyrrole nitrogens is 1. The Kier molecular flexibility index (Phi) is 6.31. The molecule has 152 valence electrons. The van der Waals surface area contributed by atoms with Gasteiger partial charge < -0.3 is 25.6 Å². The highest BCUT2D eigenvalue weighted by atomic mass is 16.4. The number of hydrogen-bond acceptors (Lipinski definition) is 5. The van der Waals surface area contributed by atoms with E-state index in [4.69, 9.17) is 5.11 Å². The van der Waals surface area contributed by atoms with Crippen LogP contribution in [-0.4, -0.2) is 38.9 Å². The van der Waals surface area contributed by atoms with Crippen molar-refractivity contribution in [2.45, 2.75) is 31.9 Å². The van der Waals surface area contributed by atoms with Gasteiger partial charge in [0.05, 0.1) is 18.0 Å². The Labute approximate surface area is 167 Å². The van der Waals surface area contributed by atoms with Crippen LogP contribution in [0.25, 0.3) is 10.9 Å². The van der Waals surface area contributed by atoms with Gasteiger partial charge in [-0.25, -0.2) is 0 Å². The van der Waals surface area contributed by atoms with Gasteiger partial charge in [0, 0.05) is 24.0 Å². The average Bonchev–Trinajstić information content (AvgIpc) is 2.66. The van der Waals surface area contributed by atoms with Crippen LogP contribution in [0.2, 0.25) is 0 Å². The summed E-state index contributed by atoms with van der Waals surface area (Å²) in [4.78, 5) is 25.0. The molecule has 2 aromatic carbocycles. The van der Waals surface area contributed by atoms with Crippen molar-refractivity contribution in [3.8, 4) is 5.75 Å². The van der Waals surface area contributed by atoms with Crippen molar-refractivity contribution in [3.63, 3.8) is 0 Å². The van der Waals surface area contributed by atoms with Crippen LogP contribution in [0.4, 0.5) is 0 Å². The van der Waals surface area contributed by atoms with Crippen molar-refractivity contribution in [2.24, 2.45) is 0 Å². The summed E-state index contributed by atoms with van der Waals surface area (Å²) in [5.41, 5.74) is 2.36. The highest BCUT2D eigenvalue weighted by molar-refractivity contribution is 5.87. The van der Waals surface area contributed by atoms with Crippen molar-refractivity contribution in [1.82, 2.24) is 10.3 Å². The first kappa shape index (κ1) is 20.6. The molecule has 7 nitrogen and oxygen atoms in total. The number of hydrogen-bond donors (Lipinski definition) is 5. The number of rotatable bonds is 8. The second kappa shape index (κ2) is 8.89. The number of aromatic amines is 1. The lowest BCUT2D eigenvalue weighted by Gasteiger charge is -2.19. The Hall–Kier alpha value is -3.16. The summed E-state index contributed by atoms with van der Waals surface area (Å²) in [5, 5.41) is 33.4. The van der Waals surface area contributed by atoms with Gasteiger partial charge >= 0.3 is 5.97 Å². The standard InChI is InChI=1S/C22H24N2O5/c1-13(9-14-3-2-4-15(10-14)11-21(28)29)23-12-19(26)16-5-7-18(25)22-17(16)6-8-20(27)24-22/h2-8,10,13,19,23,25-26H,9,11-12H2,1H3,(H,24,27)(H,28,29)/t13?,19-/m0/s1. The molecule has 0 radical (unpaired) electrons. The summed E-state index contributed by atoms with van der Waals surface area (Å²) in [5.74, 6) is -0.907. The summed E-state index contributed by atoms with van der Waals surface area (Å²) in [6.45, 7) is 2.28. The molecule has 29 heavy (non-hydrogen) atoms. The molecule has 0 aliphatic carbocycles. The molecular formula is C22H24N2O5. The lowest BCUT2D eigenvalue weighted by molar-refractivity contribution is -0.136. The van der Waals surface area contributed by atoms with Crippen LogP contribution in [0.3, 0.4) is 0 Å². The quantitative estimate of drug-likeness (QED) is 0.397. The summed E-state index contributed by atoms with van der Waals surface area (Å²) >= 11 is 0. The highest BCUT2D eigenvalue weighted by Crippen LogP contribution is 2.28. The molecule has 0 bridgehead atoms. The fraction of sp³-hybridized carbons (Fsp3) is 0.273. The average molecular weight is 396 g/mol. The first-order chi connectivity index (χ1) is 13.8. The number of phenolic OH excluding ortho intramolecular Hbond substituents is 1. The van der Waals surface area contributed by atoms with E-state index in [-0.39, 0.29) is 30.3 Å². The van der Waals surface area contributed by atoms with E-state index in [2.05, 4.69) is 10.3 Å². The van der Waals surface area contributed by atoms with Gasteiger partial charge in [-0.05, 0) is 42.2 Å². The number of aliphatic carboxylic acids is 1. The molecule has 0 spiro atoms. The van der Waals surface area contributed by atoms with Gasteiger partial charge in [-0.2, -0.15) is 0 Å². The first-order valence-electron chi connectivity index (χ1n) is 9.39. The zero-order chi connectivity index (χ0) is 21.0. The minimum absolute atomic E-state index is 0.00954. The van der Waals surface area contributed by atoms with Gasteiger partial charge in [0.2, 0.25) is 5.56 Å². The minimum atomic E-state index is -0.862. The Morgan fingerprint density at radius 3 is 2.66 bits per heavy atom. The molecule has 7 heteroatoms. The molecule has 5 N–H and O–H groups in total. The van der Waals surface area contributed by atoms with E-state index in [1.807, 2.05) is 25.1 Å². The number of carbonyl (C=O) groups is 1. The van der Waals surface area contributed by atoms with Crippen LogP contribution in [0.5, 0.6) is 5.75 Å². The maximum absolute atomic E-state index is 11.5. The summed E-state index contributed by atoms with van der Waals surface area (Å²) in [6, 6.07) is 13.6. The van der Waals surface area contributed by atoms with E-state index in [9.17, 15) is 19.8 Å². The van der Waals surface area contributed by atoms with E-state index < -0.39 is 12.1 Å². The lowest BCUT2D eigenvalue weighted by atomic mass is 10.0. The highest BCUT2D eigenvalue weighted by Gasteiger charge is 2.15. The van der Waals surface area contributed by atoms with Crippen molar-refractivity contribution in [1.29, 1.82) is 0 Å². The number of pyridine rings is 1. The normalized spacial score (nSPS) is 13.3. The van der Waals surface area contributed by atoms with E-state index in [0.717, 1.165) is 11.1 Å². The number of aliphatic hydroxyl groups is 1. The number of carboxylic acid groups (broad SMARTS) is 1. The third-order valence-corrected chi connectivity index (χ3v) is 4.81. The SMILES string of the molecule is CC(Cc1cccc(CC(=O)O)c1)NC[C@H](O)c1ccc(O)c2[nH]c(=O)ccc12. The second-order valence-electron chi connectivity index (χ2n) is 7.20. The number of aliphatic hydroxyl groups excluding tert-OH is 1. The third kappa shape index (κ3) is 5.22. The Balaban J connectivity index is 1.66. The number of fused-ring (bicyclic) bond motifs is 1. The Morgan fingerprint density at radius 2 is 1.90 bits per heavy atom. The van der Waals surface area contributed by atoms with Crippen LogP contribution >= 0.6 is 0 Å².